The van der Waals surface area contributed by atoms with Crippen molar-refractivity contribution in [3.63, 3.8) is 0 Å². The highest BCUT2D eigenvalue weighted by atomic mass is 32.1. The summed E-state index contributed by atoms with van der Waals surface area (Å²) in [6.45, 7) is 2.60. The summed E-state index contributed by atoms with van der Waals surface area (Å²) in [5.74, 6) is 0.270. The molecule has 0 saturated heterocycles. The van der Waals surface area contributed by atoms with E-state index in [0.717, 1.165) is 5.56 Å². The Kier molecular flexibility index (Phi) is 4.20. The molecule has 0 aliphatic carbocycles. The van der Waals surface area contributed by atoms with Crippen molar-refractivity contribution in [3.8, 4) is 6.07 Å². The number of nitriles is 1. The predicted molar refractivity (Wildman–Crippen MR) is 77.2 cm³/mol. The molecule has 1 aromatic carbocycles. The van der Waals surface area contributed by atoms with Crippen LogP contribution in [0.2, 0.25) is 0 Å². The lowest BCUT2D eigenvalue weighted by atomic mass is 10.2. The standard InChI is InChI=1S/C13H10FN3S2/c1-2-17-12(11(7-15)19-13(17)18)16-8-9-3-5-10(14)6-4-9/h3-6,8H,2H2,1H3. The van der Waals surface area contributed by atoms with E-state index in [1.165, 1.54) is 23.5 Å². The maximum absolute atomic E-state index is 12.8. The van der Waals surface area contributed by atoms with E-state index in [1.807, 2.05) is 6.92 Å². The quantitative estimate of drug-likeness (QED) is 0.632. The van der Waals surface area contributed by atoms with Gasteiger partial charge in [-0.1, -0.05) is 23.5 Å². The zero-order chi connectivity index (χ0) is 13.8. The first kappa shape index (κ1) is 13.6. The second kappa shape index (κ2) is 5.87. The van der Waals surface area contributed by atoms with E-state index in [0.29, 0.717) is 21.2 Å². The smallest absolute Gasteiger partial charge is 0.164 e. The Hall–Kier alpha value is -1.84. The zero-order valence-electron chi connectivity index (χ0n) is 10.1. The fourth-order valence-electron chi connectivity index (χ4n) is 1.56. The van der Waals surface area contributed by atoms with E-state index in [1.54, 1.807) is 22.9 Å². The van der Waals surface area contributed by atoms with Crippen LogP contribution in [0.4, 0.5) is 10.2 Å². The molecule has 0 aliphatic heterocycles. The van der Waals surface area contributed by atoms with Gasteiger partial charge in [-0.2, -0.15) is 5.26 Å². The van der Waals surface area contributed by atoms with Crippen LogP contribution in [-0.2, 0) is 6.54 Å². The van der Waals surface area contributed by atoms with Crippen molar-refractivity contribution in [3.05, 3.63) is 44.5 Å². The van der Waals surface area contributed by atoms with Crippen LogP contribution in [0.15, 0.2) is 29.3 Å². The minimum absolute atomic E-state index is 0.290. The van der Waals surface area contributed by atoms with Crippen molar-refractivity contribution in [1.82, 2.24) is 4.57 Å². The van der Waals surface area contributed by atoms with Crippen LogP contribution in [0.25, 0.3) is 0 Å². The van der Waals surface area contributed by atoms with Crippen LogP contribution in [0, 0.1) is 21.1 Å². The molecule has 0 amide bonds. The summed E-state index contributed by atoms with van der Waals surface area (Å²) in [7, 11) is 0. The van der Waals surface area contributed by atoms with Gasteiger partial charge in [-0.15, -0.1) is 0 Å². The second-order valence-electron chi connectivity index (χ2n) is 3.69. The fraction of sp³-hybridized carbons (Fsp3) is 0.154. The number of hydrogen-bond acceptors (Lipinski definition) is 4. The summed E-state index contributed by atoms with van der Waals surface area (Å²) in [6.07, 6.45) is 1.60. The Morgan fingerprint density at radius 2 is 2.16 bits per heavy atom. The molecule has 0 spiro atoms. The van der Waals surface area contributed by atoms with Gasteiger partial charge in [-0.25, -0.2) is 9.38 Å². The van der Waals surface area contributed by atoms with E-state index < -0.39 is 0 Å². The Morgan fingerprint density at radius 3 is 2.74 bits per heavy atom. The molecular formula is C13H10FN3S2. The van der Waals surface area contributed by atoms with Crippen LogP contribution in [0.3, 0.4) is 0 Å². The first-order valence-electron chi connectivity index (χ1n) is 5.59. The topological polar surface area (TPSA) is 41.1 Å². The monoisotopic (exact) mass is 291 g/mol. The van der Waals surface area contributed by atoms with Crippen LogP contribution < -0.4 is 0 Å². The van der Waals surface area contributed by atoms with Gasteiger partial charge < -0.3 is 4.57 Å². The van der Waals surface area contributed by atoms with Gasteiger partial charge in [-0.05, 0) is 36.8 Å². The number of benzene rings is 1. The lowest BCUT2D eigenvalue weighted by Gasteiger charge is -2.00. The predicted octanol–water partition coefficient (Wildman–Crippen LogP) is 4.06. The highest BCUT2D eigenvalue weighted by Crippen LogP contribution is 2.26. The molecule has 0 atom stereocenters. The number of rotatable bonds is 3. The van der Waals surface area contributed by atoms with E-state index in [4.69, 9.17) is 17.5 Å². The SMILES string of the molecule is CCn1c(N=Cc2ccc(F)cc2)c(C#N)sc1=S. The molecular weight excluding hydrogens is 281 g/mol. The summed E-state index contributed by atoms with van der Waals surface area (Å²) in [4.78, 5) is 4.80. The summed E-state index contributed by atoms with van der Waals surface area (Å²) in [5.41, 5.74) is 0.769. The number of halogens is 1. The van der Waals surface area contributed by atoms with E-state index in [9.17, 15) is 4.39 Å². The second-order valence-corrected chi connectivity index (χ2v) is 5.33. The number of thiazole rings is 1. The van der Waals surface area contributed by atoms with Crippen molar-refractivity contribution < 1.29 is 4.39 Å². The molecule has 96 valence electrons. The minimum Gasteiger partial charge on any atom is -0.307 e. The third-order valence-corrected chi connectivity index (χ3v) is 3.84. The minimum atomic E-state index is -0.290. The number of hydrogen-bond donors (Lipinski definition) is 0. The van der Waals surface area contributed by atoms with Crippen LogP contribution in [0.5, 0.6) is 0 Å². The molecule has 0 saturated carbocycles. The van der Waals surface area contributed by atoms with Crippen molar-refractivity contribution in [2.75, 3.05) is 0 Å². The molecule has 19 heavy (non-hydrogen) atoms. The van der Waals surface area contributed by atoms with Crippen LogP contribution in [-0.4, -0.2) is 10.8 Å². The summed E-state index contributed by atoms with van der Waals surface area (Å²) in [6, 6.07) is 8.08. The maximum Gasteiger partial charge on any atom is 0.164 e. The van der Waals surface area contributed by atoms with Gasteiger partial charge >= 0.3 is 0 Å². The molecule has 1 aromatic heterocycles. The van der Waals surface area contributed by atoms with Crippen molar-refractivity contribution in [2.45, 2.75) is 13.5 Å². The third-order valence-electron chi connectivity index (χ3n) is 2.49. The molecule has 0 N–H and O–H groups in total. The summed E-state index contributed by atoms with van der Waals surface area (Å²) >= 11 is 6.43. The third kappa shape index (κ3) is 2.95. The Morgan fingerprint density at radius 1 is 1.47 bits per heavy atom. The van der Waals surface area contributed by atoms with E-state index >= 15 is 0 Å². The van der Waals surface area contributed by atoms with E-state index in [-0.39, 0.29) is 5.82 Å². The molecule has 1 heterocycles. The molecule has 3 nitrogen and oxygen atoms in total. The molecule has 0 radical (unpaired) electrons. The van der Waals surface area contributed by atoms with Crippen LogP contribution >= 0.6 is 23.6 Å². The molecule has 0 aliphatic rings. The van der Waals surface area contributed by atoms with Crippen LogP contribution in [0.1, 0.15) is 17.4 Å². The lowest BCUT2D eigenvalue weighted by Crippen LogP contribution is -1.93. The van der Waals surface area contributed by atoms with Gasteiger partial charge in [0, 0.05) is 12.8 Å². The fourth-order valence-corrected chi connectivity index (χ4v) is 2.83. The Labute approximate surface area is 119 Å². The van der Waals surface area contributed by atoms with Gasteiger partial charge in [0.15, 0.2) is 14.6 Å². The molecule has 0 fully saturated rings. The van der Waals surface area contributed by atoms with Gasteiger partial charge in [0.2, 0.25) is 0 Å². The molecule has 6 heteroatoms. The Bertz CT molecular complexity index is 705. The van der Waals surface area contributed by atoms with Gasteiger partial charge in [0.25, 0.3) is 0 Å². The Balaban J connectivity index is 2.40. The number of aromatic nitrogens is 1. The average Bonchev–Trinajstić information content (AvgIpc) is 2.73. The van der Waals surface area contributed by atoms with Crippen molar-refractivity contribution >= 4 is 35.6 Å². The first-order chi connectivity index (χ1) is 9.15. The molecule has 2 rings (SSSR count). The highest BCUT2D eigenvalue weighted by molar-refractivity contribution is 7.73. The van der Waals surface area contributed by atoms with Gasteiger partial charge in [0.1, 0.15) is 11.9 Å². The van der Waals surface area contributed by atoms with Crippen molar-refractivity contribution in [2.24, 2.45) is 4.99 Å². The first-order valence-corrected chi connectivity index (χ1v) is 6.81. The molecule has 0 unspecified atom stereocenters. The molecule has 2 aromatic rings. The number of aliphatic imine (C=N–C) groups is 1. The largest absolute Gasteiger partial charge is 0.307 e. The lowest BCUT2D eigenvalue weighted by molar-refractivity contribution is 0.628. The average molecular weight is 291 g/mol. The maximum atomic E-state index is 12.8. The summed E-state index contributed by atoms with van der Waals surface area (Å²) < 4.78 is 15.2. The molecule has 0 bridgehead atoms. The highest BCUT2D eigenvalue weighted by Gasteiger charge is 2.09. The van der Waals surface area contributed by atoms with Crippen molar-refractivity contribution in [1.29, 1.82) is 5.26 Å². The number of nitrogens with zero attached hydrogens (tertiary/aromatic N) is 3. The summed E-state index contributed by atoms with van der Waals surface area (Å²) in [5, 5.41) is 9.06. The zero-order valence-corrected chi connectivity index (χ0v) is 11.8. The van der Waals surface area contributed by atoms with E-state index in [2.05, 4.69) is 11.1 Å². The normalized spacial score (nSPS) is 10.8. The van der Waals surface area contributed by atoms with Gasteiger partial charge in [-0.3, -0.25) is 0 Å². The van der Waals surface area contributed by atoms with Gasteiger partial charge in [0.05, 0.1) is 0 Å².